The molecule has 1 aromatic carbocycles. The van der Waals surface area contributed by atoms with Gasteiger partial charge < -0.3 is 21.1 Å². The normalized spacial score (nSPS) is 12.2. The first-order valence-corrected chi connectivity index (χ1v) is 7.74. The summed E-state index contributed by atoms with van der Waals surface area (Å²) in [6.07, 6.45) is 0.298. The maximum atomic E-state index is 12.3. The topological polar surface area (TPSA) is 111 Å². The Labute approximate surface area is 141 Å². The number of carbonyl (C=O) groups excluding carboxylic acids is 3. The third-order valence-electron chi connectivity index (χ3n) is 2.95. The Bertz CT molecular complexity index is 567. The van der Waals surface area contributed by atoms with Gasteiger partial charge in [-0.1, -0.05) is 30.3 Å². The van der Waals surface area contributed by atoms with Crippen LogP contribution < -0.4 is 16.4 Å². The number of esters is 1. The fourth-order valence-corrected chi connectivity index (χ4v) is 1.97. The Morgan fingerprint density at radius 3 is 2.33 bits per heavy atom. The van der Waals surface area contributed by atoms with E-state index in [0.717, 1.165) is 5.56 Å². The number of nitrogens with two attached hydrogens (primary N) is 1. The zero-order valence-electron chi connectivity index (χ0n) is 14.3. The summed E-state index contributed by atoms with van der Waals surface area (Å²) in [5.74, 6) is -1.45. The van der Waals surface area contributed by atoms with E-state index >= 15 is 0 Å². The van der Waals surface area contributed by atoms with E-state index in [9.17, 15) is 14.4 Å². The summed E-state index contributed by atoms with van der Waals surface area (Å²) in [5, 5.41) is 5.04. The van der Waals surface area contributed by atoms with Gasteiger partial charge in [0.15, 0.2) is 0 Å². The zero-order chi connectivity index (χ0) is 18.2. The molecule has 0 saturated heterocycles. The second-order valence-electron chi connectivity index (χ2n) is 6.32. The summed E-state index contributed by atoms with van der Waals surface area (Å²) in [6.45, 7) is 4.75. The quantitative estimate of drug-likeness (QED) is 0.614. The van der Waals surface area contributed by atoms with E-state index in [4.69, 9.17) is 10.5 Å². The summed E-state index contributed by atoms with van der Waals surface area (Å²) < 4.78 is 5.13. The van der Waals surface area contributed by atoms with Crippen molar-refractivity contribution in [2.75, 3.05) is 13.1 Å². The highest BCUT2D eigenvalue weighted by Gasteiger charge is 2.22. The molecule has 0 heterocycles. The molecule has 0 aliphatic heterocycles. The molecule has 0 aromatic heterocycles. The Morgan fingerprint density at radius 2 is 1.79 bits per heavy atom. The molecule has 0 aliphatic carbocycles. The van der Waals surface area contributed by atoms with Gasteiger partial charge in [0.2, 0.25) is 11.8 Å². The molecule has 7 nitrogen and oxygen atoms in total. The van der Waals surface area contributed by atoms with Crippen molar-refractivity contribution < 1.29 is 19.1 Å². The largest absolute Gasteiger partial charge is 0.459 e. The van der Waals surface area contributed by atoms with E-state index in [1.54, 1.807) is 20.8 Å². The monoisotopic (exact) mass is 335 g/mol. The second kappa shape index (κ2) is 9.02. The van der Waals surface area contributed by atoms with Crippen LogP contribution in [0.5, 0.6) is 0 Å². The molecule has 0 saturated carbocycles. The van der Waals surface area contributed by atoms with Gasteiger partial charge in [0, 0.05) is 6.42 Å². The highest BCUT2D eigenvalue weighted by molar-refractivity contribution is 5.90. The number of nitrogens with one attached hydrogen (secondary N) is 2. The van der Waals surface area contributed by atoms with E-state index in [-0.39, 0.29) is 13.1 Å². The van der Waals surface area contributed by atoms with Crippen LogP contribution >= 0.6 is 0 Å². The molecule has 1 aromatic rings. The molecule has 0 fully saturated rings. The fraction of sp³-hybridized carbons (Fsp3) is 0.471. The van der Waals surface area contributed by atoms with Crippen molar-refractivity contribution in [3.8, 4) is 0 Å². The number of carbonyl (C=O) groups is 3. The molecule has 24 heavy (non-hydrogen) atoms. The number of ether oxygens (including phenoxy) is 1. The molecule has 132 valence electrons. The minimum absolute atomic E-state index is 0.218. The molecule has 0 radical (unpaired) electrons. The summed E-state index contributed by atoms with van der Waals surface area (Å²) >= 11 is 0. The Hall–Kier alpha value is -2.41. The van der Waals surface area contributed by atoms with Crippen LogP contribution in [0.3, 0.4) is 0 Å². The molecule has 2 amide bonds. The average Bonchev–Trinajstić information content (AvgIpc) is 2.51. The molecular weight excluding hydrogens is 310 g/mol. The molecule has 4 N–H and O–H groups in total. The molecule has 0 aliphatic rings. The third kappa shape index (κ3) is 7.73. The Kier molecular flexibility index (Phi) is 7.38. The van der Waals surface area contributed by atoms with Gasteiger partial charge in [0.25, 0.3) is 0 Å². The van der Waals surface area contributed by atoms with Crippen molar-refractivity contribution in [2.24, 2.45) is 5.73 Å². The minimum atomic E-state index is -0.814. The SMILES string of the molecule is CC(C)(C)OC(=O)CNC(=O)[C@H](Cc1ccccc1)NC(=O)CN. The molecule has 0 unspecified atom stereocenters. The van der Waals surface area contributed by atoms with Crippen LogP contribution in [0, 0.1) is 0 Å². The molecule has 1 rings (SSSR count). The van der Waals surface area contributed by atoms with Gasteiger partial charge in [-0.25, -0.2) is 0 Å². The fourth-order valence-electron chi connectivity index (χ4n) is 1.97. The summed E-state index contributed by atoms with van der Waals surface area (Å²) in [5.41, 5.74) is 5.54. The predicted molar refractivity (Wildman–Crippen MR) is 90.0 cm³/mol. The lowest BCUT2D eigenvalue weighted by Gasteiger charge is -2.21. The number of amides is 2. The van der Waals surface area contributed by atoms with E-state index < -0.39 is 29.4 Å². The van der Waals surface area contributed by atoms with Crippen LogP contribution in [0.25, 0.3) is 0 Å². The van der Waals surface area contributed by atoms with Crippen molar-refractivity contribution in [3.63, 3.8) is 0 Å². The maximum Gasteiger partial charge on any atom is 0.325 e. The number of hydrogen-bond donors (Lipinski definition) is 3. The number of benzene rings is 1. The van der Waals surface area contributed by atoms with Crippen molar-refractivity contribution >= 4 is 17.8 Å². The smallest absolute Gasteiger partial charge is 0.325 e. The highest BCUT2D eigenvalue weighted by atomic mass is 16.6. The minimum Gasteiger partial charge on any atom is -0.459 e. The third-order valence-corrected chi connectivity index (χ3v) is 2.95. The number of hydrogen-bond acceptors (Lipinski definition) is 5. The van der Waals surface area contributed by atoms with E-state index in [1.165, 1.54) is 0 Å². The second-order valence-corrected chi connectivity index (χ2v) is 6.32. The van der Waals surface area contributed by atoms with Crippen LogP contribution in [0.4, 0.5) is 0 Å². The molecule has 0 bridgehead atoms. The van der Waals surface area contributed by atoms with E-state index in [0.29, 0.717) is 6.42 Å². The van der Waals surface area contributed by atoms with Crippen LogP contribution in [0.2, 0.25) is 0 Å². The van der Waals surface area contributed by atoms with Crippen LogP contribution in [-0.2, 0) is 25.5 Å². The Balaban J connectivity index is 2.66. The van der Waals surface area contributed by atoms with Gasteiger partial charge in [-0.3, -0.25) is 14.4 Å². The van der Waals surface area contributed by atoms with Gasteiger partial charge in [-0.15, -0.1) is 0 Å². The first kappa shape index (κ1) is 19.6. The van der Waals surface area contributed by atoms with Gasteiger partial charge in [-0.2, -0.15) is 0 Å². The summed E-state index contributed by atoms with van der Waals surface area (Å²) in [6, 6.07) is 8.43. The lowest BCUT2D eigenvalue weighted by atomic mass is 10.1. The summed E-state index contributed by atoms with van der Waals surface area (Å²) in [4.78, 5) is 35.5. The van der Waals surface area contributed by atoms with Gasteiger partial charge >= 0.3 is 5.97 Å². The van der Waals surface area contributed by atoms with Crippen molar-refractivity contribution in [3.05, 3.63) is 35.9 Å². The lowest BCUT2D eigenvalue weighted by molar-refractivity contribution is -0.154. The zero-order valence-corrected chi connectivity index (χ0v) is 14.3. The van der Waals surface area contributed by atoms with Crippen molar-refractivity contribution in [2.45, 2.75) is 38.8 Å². The lowest BCUT2D eigenvalue weighted by Crippen LogP contribution is -2.50. The first-order valence-electron chi connectivity index (χ1n) is 7.74. The molecule has 7 heteroatoms. The van der Waals surface area contributed by atoms with Crippen LogP contribution in [0.15, 0.2) is 30.3 Å². The van der Waals surface area contributed by atoms with Gasteiger partial charge in [0.05, 0.1) is 6.54 Å². The maximum absolute atomic E-state index is 12.3. The molecule has 1 atom stereocenters. The number of rotatable bonds is 7. The average molecular weight is 335 g/mol. The van der Waals surface area contributed by atoms with Crippen LogP contribution in [0.1, 0.15) is 26.3 Å². The highest BCUT2D eigenvalue weighted by Crippen LogP contribution is 2.07. The van der Waals surface area contributed by atoms with E-state index in [2.05, 4.69) is 10.6 Å². The standard InChI is InChI=1S/C17H25N3O4/c1-17(2,3)24-15(22)11-19-16(23)13(20-14(21)10-18)9-12-7-5-4-6-8-12/h4-8,13H,9-11,18H2,1-3H3,(H,19,23)(H,20,21)/t13-/m0/s1. The Morgan fingerprint density at radius 1 is 1.17 bits per heavy atom. The van der Waals surface area contributed by atoms with Crippen LogP contribution in [-0.4, -0.2) is 42.5 Å². The summed E-state index contributed by atoms with van der Waals surface area (Å²) in [7, 11) is 0. The van der Waals surface area contributed by atoms with Crippen molar-refractivity contribution in [1.82, 2.24) is 10.6 Å². The first-order chi connectivity index (χ1) is 11.2. The molecule has 0 spiro atoms. The predicted octanol–water partition coefficient (Wildman–Crippen LogP) is 0.131. The van der Waals surface area contributed by atoms with Gasteiger partial charge in [0.1, 0.15) is 18.2 Å². The van der Waals surface area contributed by atoms with Crippen molar-refractivity contribution in [1.29, 1.82) is 0 Å². The van der Waals surface area contributed by atoms with E-state index in [1.807, 2.05) is 30.3 Å². The van der Waals surface area contributed by atoms with Gasteiger partial charge in [-0.05, 0) is 26.3 Å². The molecular formula is C17H25N3O4.